The van der Waals surface area contributed by atoms with Crippen molar-refractivity contribution in [2.75, 3.05) is 5.32 Å². The van der Waals surface area contributed by atoms with Crippen LogP contribution in [-0.4, -0.2) is 0 Å². The van der Waals surface area contributed by atoms with Crippen LogP contribution in [0.1, 0.15) is 0 Å². The zero-order valence-electron chi connectivity index (χ0n) is 11.9. The second-order valence-electron chi connectivity index (χ2n) is 5.17. The van der Waals surface area contributed by atoms with Gasteiger partial charge in [0, 0.05) is 23.2 Å². The summed E-state index contributed by atoms with van der Waals surface area (Å²) < 4.78 is 0. The number of hydrogen-bond acceptors (Lipinski definition) is 1. The van der Waals surface area contributed by atoms with Gasteiger partial charge in [0.05, 0.1) is 0 Å². The molecule has 0 bridgehead atoms. The molecule has 2 atom stereocenters. The maximum atomic E-state index is 3.46. The number of nitrogens with one attached hydrogen (secondary N) is 1. The summed E-state index contributed by atoms with van der Waals surface area (Å²) in [5.41, 5.74) is 2.27. The van der Waals surface area contributed by atoms with Gasteiger partial charge in [0.1, 0.15) is 0 Å². The van der Waals surface area contributed by atoms with Gasteiger partial charge in [-0.2, -0.15) is 0 Å². The molecule has 2 unspecified atom stereocenters. The average Bonchev–Trinajstić information content (AvgIpc) is 2.53. The number of allylic oxidation sites excluding steroid dienone is 11. The van der Waals surface area contributed by atoms with Gasteiger partial charge in [0.15, 0.2) is 0 Å². The molecular weight excluding hydrogens is 254 g/mol. The summed E-state index contributed by atoms with van der Waals surface area (Å²) in [6, 6.07) is 10.3. The van der Waals surface area contributed by atoms with Gasteiger partial charge in [-0.15, -0.1) is 0 Å². The van der Waals surface area contributed by atoms with Gasteiger partial charge >= 0.3 is 0 Å². The second-order valence-corrected chi connectivity index (χ2v) is 5.17. The molecule has 2 aliphatic carbocycles. The summed E-state index contributed by atoms with van der Waals surface area (Å²) in [5.74, 6) is 0.798. The predicted octanol–water partition coefficient (Wildman–Crippen LogP) is 5.02. The minimum Gasteiger partial charge on any atom is -0.356 e. The van der Waals surface area contributed by atoms with Crippen LogP contribution in [0.2, 0.25) is 0 Å². The number of benzene rings is 1. The van der Waals surface area contributed by atoms with Crippen molar-refractivity contribution < 1.29 is 0 Å². The van der Waals surface area contributed by atoms with E-state index >= 15 is 0 Å². The summed E-state index contributed by atoms with van der Waals surface area (Å²) in [6.45, 7) is 0. The highest BCUT2D eigenvalue weighted by Crippen LogP contribution is 2.26. The highest BCUT2D eigenvalue weighted by Gasteiger charge is 2.16. The first-order valence-electron chi connectivity index (χ1n) is 7.32. The van der Waals surface area contributed by atoms with Gasteiger partial charge in [-0.05, 0) is 18.2 Å². The van der Waals surface area contributed by atoms with Crippen molar-refractivity contribution in [3.8, 4) is 0 Å². The molecule has 0 aliphatic heterocycles. The van der Waals surface area contributed by atoms with Crippen molar-refractivity contribution in [3.05, 3.63) is 103 Å². The molecular formula is C20H19N. The quantitative estimate of drug-likeness (QED) is 0.797. The van der Waals surface area contributed by atoms with Crippen LogP contribution in [0, 0.1) is 11.8 Å². The van der Waals surface area contributed by atoms with E-state index in [-0.39, 0.29) is 0 Å². The first-order chi connectivity index (χ1) is 10.4. The molecule has 1 aromatic carbocycles. The van der Waals surface area contributed by atoms with Crippen LogP contribution >= 0.6 is 0 Å². The SMILES string of the molecule is C1=CC2/C=C/C=C\C=C/C=C\C2C=C1Nc1ccccc1. The molecule has 0 saturated heterocycles. The van der Waals surface area contributed by atoms with Crippen LogP contribution < -0.4 is 5.32 Å². The zero-order valence-corrected chi connectivity index (χ0v) is 11.9. The van der Waals surface area contributed by atoms with Crippen LogP contribution in [0.25, 0.3) is 0 Å². The zero-order chi connectivity index (χ0) is 14.3. The third-order valence-electron chi connectivity index (χ3n) is 3.60. The Morgan fingerprint density at radius 1 is 0.667 bits per heavy atom. The minimum absolute atomic E-state index is 0.383. The molecule has 21 heavy (non-hydrogen) atoms. The van der Waals surface area contributed by atoms with Crippen LogP contribution in [0.4, 0.5) is 5.69 Å². The van der Waals surface area contributed by atoms with Crippen LogP contribution in [0.5, 0.6) is 0 Å². The fraction of sp³-hybridized carbons (Fsp3) is 0.100. The number of fused-ring (bicyclic) bond motifs is 1. The third kappa shape index (κ3) is 3.73. The van der Waals surface area contributed by atoms with Crippen molar-refractivity contribution in [3.63, 3.8) is 0 Å². The molecule has 0 radical (unpaired) electrons. The van der Waals surface area contributed by atoms with E-state index in [1.807, 2.05) is 30.4 Å². The molecule has 0 fully saturated rings. The van der Waals surface area contributed by atoms with E-state index in [4.69, 9.17) is 0 Å². The fourth-order valence-corrected chi connectivity index (χ4v) is 2.51. The maximum absolute atomic E-state index is 3.46. The summed E-state index contributed by atoms with van der Waals surface area (Å²) in [7, 11) is 0. The fourth-order valence-electron chi connectivity index (χ4n) is 2.51. The van der Waals surface area contributed by atoms with Gasteiger partial charge in [0.25, 0.3) is 0 Å². The van der Waals surface area contributed by atoms with Crippen LogP contribution in [0.3, 0.4) is 0 Å². The van der Waals surface area contributed by atoms with E-state index in [0.29, 0.717) is 11.8 Å². The number of rotatable bonds is 2. The molecule has 1 heteroatoms. The Labute approximate surface area is 126 Å². The van der Waals surface area contributed by atoms with Gasteiger partial charge in [-0.25, -0.2) is 0 Å². The molecule has 1 aromatic rings. The predicted molar refractivity (Wildman–Crippen MR) is 90.8 cm³/mol. The Morgan fingerprint density at radius 2 is 1.33 bits per heavy atom. The van der Waals surface area contributed by atoms with Gasteiger partial charge < -0.3 is 5.32 Å². The lowest BCUT2D eigenvalue weighted by molar-refractivity contribution is 0.662. The molecule has 3 rings (SSSR count). The van der Waals surface area contributed by atoms with Crippen molar-refractivity contribution in [2.45, 2.75) is 0 Å². The van der Waals surface area contributed by atoms with Crippen LogP contribution in [0.15, 0.2) is 103 Å². The highest BCUT2D eigenvalue weighted by molar-refractivity contribution is 5.52. The number of hydrogen-bond donors (Lipinski definition) is 1. The first kappa shape index (κ1) is 13.4. The Morgan fingerprint density at radius 3 is 2.10 bits per heavy atom. The molecule has 0 heterocycles. The van der Waals surface area contributed by atoms with Crippen molar-refractivity contribution in [1.82, 2.24) is 0 Å². The normalized spacial score (nSPS) is 29.6. The average molecular weight is 273 g/mol. The summed E-state index contributed by atoms with van der Waals surface area (Å²) in [5, 5.41) is 3.46. The van der Waals surface area contributed by atoms with Gasteiger partial charge in [0.2, 0.25) is 0 Å². The van der Waals surface area contributed by atoms with Gasteiger partial charge in [-0.1, -0.05) is 79.0 Å². The molecule has 0 aromatic heterocycles. The van der Waals surface area contributed by atoms with E-state index in [9.17, 15) is 0 Å². The Balaban J connectivity index is 1.80. The van der Waals surface area contributed by atoms with E-state index in [2.05, 4.69) is 72.1 Å². The molecule has 0 amide bonds. The summed E-state index contributed by atoms with van der Waals surface area (Å²) in [4.78, 5) is 0. The number of anilines is 1. The van der Waals surface area contributed by atoms with Crippen molar-refractivity contribution in [2.24, 2.45) is 11.8 Å². The molecule has 1 N–H and O–H groups in total. The lowest BCUT2D eigenvalue weighted by Gasteiger charge is -2.22. The monoisotopic (exact) mass is 273 g/mol. The van der Waals surface area contributed by atoms with E-state index in [1.54, 1.807) is 0 Å². The molecule has 2 aliphatic rings. The largest absolute Gasteiger partial charge is 0.356 e. The van der Waals surface area contributed by atoms with Crippen molar-refractivity contribution in [1.29, 1.82) is 0 Å². The summed E-state index contributed by atoms with van der Waals surface area (Å²) in [6.07, 6.45) is 23.7. The lowest BCUT2D eigenvalue weighted by atomic mass is 9.86. The second kappa shape index (κ2) is 6.76. The Hall–Kier alpha value is -2.54. The molecule has 0 saturated carbocycles. The third-order valence-corrected chi connectivity index (χ3v) is 3.60. The molecule has 1 nitrogen and oxygen atoms in total. The highest BCUT2D eigenvalue weighted by atomic mass is 14.9. The number of para-hydroxylation sites is 1. The van der Waals surface area contributed by atoms with Crippen LogP contribution in [-0.2, 0) is 0 Å². The minimum atomic E-state index is 0.383. The smallest absolute Gasteiger partial charge is 0.0384 e. The van der Waals surface area contributed by atoms with E-state index < -0.39 is 0 Å². The Kier molecular flexibility index (Phi) is 4.33. The first-order valence-corrected chi connectivity index (χ1v) is 7.32. The lowest BCUT2D eigenvalue weighted by Crippen LogP contribution is -2.13. The molecule has 0 spiro atoms. The van der Waals surface area contributed by atoms with E-state index in [0.717, 1.165) is 11.4 Å². The Bertz CT molecular complexity index is 642. The van der Waals surface area contributed by atoms with E-state index in [1.165, 1.54) is 0 Å². The maximum Gasteiger partial charge on any atom is 0.0384 e. The standard InChI is InChI=1S/C20H19N/c1-2-4-7-11-18-16-20(15-14-17(18)10-6-3-1)21-19-12-8-5-9-13-19/h1-18,21H/b3-1-,4-2-,10-6+,11-7-. The van der Waals surface area contributed by atoms with Gasteiger partial charge in [-0.3, -0.25) is 0 Å². The summed E-state index contributed by atoms with van der Waals surface area (Å²) >= 11 is 0. The molecule has 104 valence electrons. The topological polar surface area (TPSA) is 12.0 Å². The van der Waals surface area contributed by atoms with Crippen molar-refractivity contribution >= 4 is 5.69 Å².